The van der Waals surface area contributed by atoms with Crippen molar-refractivity contribution in [2.75, 3.05) is 39.5 Å². The predicted molar refractivity (Wildman–Crippen MR) is 188 cm³/mol. The van der Waals surface area contributed by atoms with Gasteiger partial charge in [-0.1, -0.05) is 40.5 Å². The van der Waals surface area contributed by atoms with Crippen LogP contribution in [-0.4, -0.2) is 122 Å². The van der Waals surface area contributed by atoms with E-state index in [0.717, 1.165) is 25.9 Å². The van der Waals surface area contributed by atoms with Crippen molar-refractivity contribution >= 4 is 43.0 Å². The van der Waals surface area contributed by atoms with E-state index in [0.29, 0.717) is 29.6 Å². The van der Waals surface area contributed by atoms with E-state index in [1.54, 1.807) is 16.4 Å². The monoisotopic (exact) mass is 737 g/mol. The van der Waals surface area contributed by atoms with Gasteiger partial charge in [0, 0.05) is 36.6 Å². The summed E-state index contributed by atoms with van der Waals surface area (Å²) in [5, 5.41) is 3.56. The minimum atomic E-state index is -4.54. The summed E-state index contributed by atoms with van der Waals surface area (Å²) in [5.74, 6) is 4.98. The van der Waals surface area contributed by atoms with Gasteiger partial charge in [0.05, 0.1) is 19.8 Å². The van der Waals surface area contributed by atoms with Crippen molar-refractivity contribution in [3.05, 3.63) is 22.2 Å². The molecule has 1 aromatic heterocycles. The molecule has 0 saturated carbocycles. The van der Waals surface area contributed by atoms with Crippen LogP contribution in [0.15, 0.2) is 11.5 Å². The second-order valence-corrected chi connectivity index (χ2v) is 17.0. The van der Waals surface area contributed by atoms with Crippen molar-refractivity contribution < 1.29 is 42.8 Å². The molecule has 0 radical (unpaired) electrons. The summed E-state index contributed by atoms with van der Waals surface area (Å²) in [7, 11) is -4.54. The number of likely N-dealkylation sites (tertiary alicyclic amines) is 1. The number of hydrogen-bond acceptors (Lipinski definition) is 10. The van der Waals surface area contributed by atoms with Crippen LogP contribution >= 0.6 is 19.2 Å². The highest BCUT2D eigenvalue weighted by atomic mass is 32.1. The summed E-state index contributed by atoms with van der Waals surface area (Å²) in [6.07, 6.45) is 3.79. The lowest BCUT2D eigenvalue weighted by Gasteiger charge is -2.55. The molecule has 4 heterocycles. The maximum atomic E-state index is 14.3. The molecule has 16 heteroatoms. The average Bonchev–Trinajstić information content (AvgIpc) is 3.48. The third kappa shape index (κ3) is 11.2. The van der Waals surface area contributed by atoms with E-state index in [4.69, 9.17) is 19.4 Å². The van der Waals surface area contributed by atoms with Gasteiger partial charge in [0.25, 0.3) is 11.8 Å². The minimum absolute atomic E-state index is 0.00593. The first-order chi connectivity index (χ1) is 23.4. The van der Waals surface area contributed by atoms with Gasteiger partial charge in [-0.15, -0.1) is 11.3 Å². The van der Waals surface area contributed by atoms with E-state index in [9.17, 15) is 18.9 Å². The van der Waals surface area contributed by atoms with Gasteiger partial charge in [-0.3, -0.25) is 23.7 Å². The number of phosphoric acid groups is 1. The van der Waals surface area contributed by atoms with E-state index < -0.39 is 32.0 Å². The van der Waals surface area contributed by atoms with Crippen molar-refractivity contribution in [3.63, 3.8) is 0 Å². The summed E-state index contributed by atoms with van der Waals surface area (Å²) in [6.45, 7) is 16.2. The van der Waals surface area contributed by atoms with Crippen LogP contribution in [0.4, 0.5) is 0 Å². The molecule has 0 aliphatic carbocycles. The number of rotatable bonds is 12. The number of thiazole rings is 1. The van der Waals surface area contributed by atoms with E-state index in [2.05, 4.69) is 60.9 Å². The highest BCUT2D eigenvalue weighted by Crippen LogP contribution is 2.37. The van der Waals surface area contributed by atoms with Gasteiger partial charge in [-0.05, 0) is 62.9 Å². The molecule has 0 spiro atoms. The average molecular weight is 738 g/mol. The second-order valence-electron chi connectivity index (χ2n) is 14.8. The number of piperidine rings is 1. The SMILES string of the molecule is CC(C)C[C@H]1ON(C(=O)/C=C/c2nc(C#CCOCCOP(=O)(O)O)cs2)[C@H]2CN(C3CCN(C(C)C)CC3)C(=O)[C@H](CC(C)(C)C)N2C1=O. The fourth-order valence-electron chi connectivity index (χ4n) is 6.46. The van der Waals surface area contributed by atoms with Gasteiger partial charge in [-0.2, -0.15) is 5.06 Å². The zero-order chi connectivity index (χ0) is 36.8. The van der Waals surface area contributed by atoms with Gasteiger partial charge in [0.1, 0.15) is 23.4 Å². The number of amides is 3. The van der Waals surface area contributed by atoms with Crippen molar-refractivity contribution in [1.29, 1.82) is 0 Å². The summed E-state index contributed by atoms with van der Waals surface area (Å²) in [4.78, 5) is 76.4. The van der Waals surface area contributed by atoms with Crippen molar-refractivity contribution in [3.8, 4) is 11.8 Å². The summed E-state index contributed by atoms with van der Waals surface area (Å²) in [6, 6.07) is -0.291. The Morgan fingerprint density at radius 1 is 1.16 bits per heavy atom. The Bertz CT molecular complexity index is 1490. The lowest BCUT2D eigenvalue weighted by atomic mass is 9.84. The van der Waals surface area contributed by atoms with Crippen molar-refractivity contribution in [2.24, 2.45) is 11.3 Å². The van der Waals surface area contributed by atoms with Crippen LogP contribution in [-0.2, 0) is 33.0 Å². The fourth-order valence-corrected chi connectivity index (χ4v) is 7.41. The van der Waals surface area contributed by atoms with Crippen LogP contribution < -0.4 is 0 Å². The number of carbonyl (C=O) groups excluding carboxylic acids is 3. The molecule has 3 fully saturated rings. The highest BCUT2D eigenvalue weighted by molar-refractivity contribution is 7.46. The zero-order valence-corrected chi connectivity index (χ0v) is 31.8. The number of hydrogen-bond donors (Lipinski definition) is 2. The Balaban J connectivity index is 1.53. The standard InChI is InChI=1S/C34H52N5O9PS/c1-23(2)19-28-33(42)38-27(20-34(5,6)7)32(41)37(26-12-14-36(15-13-26)24(3)4)21-30(38)39(48-28)31(40)11-10-29-35-25(22-50-29)9-8-16-46-17-18-47-49(43,44)45/h10-11,22-24,26-28,30H,12-21H2,1-7H3,(H2,43,44,45)/b11-10+/t27-,28+,30-/m0/s1. The summed E-state index contributed by atoms with van der Waals surface area (Å²) in [5.41, 5.74) is 0.211. The fraction of sp³-hybridized carbons (Fsp3) is 0.706. The van der Waals surface area contributed by atoms with Gasteiger partial charge < -0.3 is 29.2 Å². The predicted octanol–water partition coefficient (Wildman–Crippen LogP) is 3.50. The Morgan fingerprint density at radius 2 is 1.86 bits per heavy atom. The van der Waals surface area contributed by atoms with Gasteiger partial charge in [0.2, 0.25) is 5.91 Å². The smallest absolute Gasteiger partial charge is 0.366 e. The number of fused-ring (bicyclic) bond motifs is 1. The highest BCUT2D eigenvalue weighted by Gasteiger charge is 2.54. The maximum absolute atomic E-state index is 14.3. The van der Waals surface area contributed by atoms with Crippen molar-refractivity contribution in [2.45, 2.75) is 105 Å². The van der Waals surface area contributed by atoms with Crippen LogP contribution in [0.3, 0.4) is 0 Å². The molecule has 4 rings (SSSR count). The number of carbonyl (C=O) groups is 3. The van der Waals surface area contributed by atoms with Crippen LogP contribution in [0.1, 0.15) is 84.9 Å². The number of piperazine rings is 1. The van der Waals surface area contributed by atoms with Gasteiger partial charge >= 0.3 is 7.82 Å². The molecular weight excluding hydrogens is 685 g/mol. The molecule has 14 nitrogen and oxygen atoms in total. The molecule has 0 bridgehead atoms. The van der Waals surface area contributed by atoms with E-state index in [1.165, 1.54) is 22.5 Å². The topological polar surface area (TPSA) is 162 Å². The number of aromatic nitrogens is 1. The molecule has 3 atom stereocenters. The maximum Gasteiger partial charge on any atom is 0.469 e. The van der Waals surface area contributed by atoms with Crippen LogP contribution in [0.2, 0.25) is 0 Å². The van der Waals surface area contributed by atoms with Gasteiger partial charge in [-0.25, -0.2) is 9.55 Å². The molecule has 3 aliphatic heterocycles. The molecule has 0 unspecified atom stereocenters. The van der Waals surface area contributed by atoms with Crippen LogP contribution in [0, 0.1) is 23.2 Å². The van der Waals surface area contributed by atoms with E-state index in [-0.39, 0.29) is 55.6 Å². The Kier molecular flexibility index (Phi) is 13.8. The number of nitrogens with zero attached hydrogens (tertiary/aromatic N) is 5. The van der Waals surface area contributed by atoms with E-state index >= 15 is 0 Å². The molecule has 50 heavy (non-hydrogen) atoms. The normalized spacial score (nSPS) is 22.9. The molecule has 0 aromatic carbocycles. The Hall–Kier alpha value is -2.67. The number of hydroxylamine groups is 2. The third-order valence-electron chi connectivity index (χ3n) is 8.77. The molecule has 3 aliphatic rings. The zero-order valence-electron chi connectivity index (χ0n) is 30.1. The molecule has 3 amide bonds. The first kappa shape index (κ1) is 40.1. The largest absolute Gasteiger partial charge is 0.469 e. The minimum Gasteiger partial charge on any atom is -0.366 e. The Labute approximate surface area is 299 Å². The third-order valence-corrected chi connectivity index (χ3v) is 10.1. The van der Waals surface area contributed by atoms with Crippen molar-refractivity contribution in [1.82, 2.24) is 24.7 Å². The summed E-state index contributed by atoms with van der Waals surface area (Å²) >= 11 is 1.29. The number of ether oxygens (including phenoxy) is 1. The first-order valence-electron chi connectivity index (χ1n) is 17.2. The second kappa shape index (κ2) is 17.2. The lowest BCUT2D eigenvalue weighted by Crippen LogP contribution is -2.74. The quantitative estimate of drug-likeness (QED) is 0.140. The Morgan fingerprint density at radius 3 is 2.48 bits per heavy atom. The van der Waals surface area contributed by atoms with Gasteiger partial charge in [0.15, 0.2) is 12.3 Å². The van der Waals surface area contributed by atoms with Crippen LogP contribution in [0.5, 0.6) is 0 Å². The molecule has 2 N–H and O–H groups in total. The first-order valence-corrected chi connectivity index (χ1v) is 19.6. The van der Waals surface area contributed by atoms with Crippen LogP contribution in [0.25, 0.3) is 6.08 Å². The molecule has 1 aromatic rings. The molecule has 3 saturated heterocycles. The number of phosphoric ester groups is 1. The summed E-state index contributed by atoms with van der Waals surface area (Å²) < 4.78 is 20.2. The molecule has 278 valence electrons. The molecular formula is C34H52N5O9PS. The lowest BCUT2D eigenvalue weighted by molar-refractivity contribution is -0.276. The van der Waals surface area contributed by atoms with E-state index in [1.807, 2.05) is 18.7 Å².